The fourth-order valence-corrected chi connectivity index (χ4v) is 1.53. The molecule has 0 saturated heterocycles. The Labute approximate surface area is 63.1 Å². The van der Waals surface area contributed by atoms with Crippen molar-refractivity contribution in [3.8, 4) is 5.75 Å². The predicted molar refractivity (Wildman–Crippen MR) is 40.7 cm³/mol. The average Bonchev–Trinajstić information content (AvgIpc) is 2.14. The Hall–Kier alpha value is -0.830. The van der Waals surface area contributed by atoms with Crippen LogP contribution in [0.1, 0.15) is 22.2 Å². The standard InChI is InChI=1S/C7H8O2S/c1-4-3-10-7(5(2)8)6(4)9/h3,9H,1-2H3. The molecule has 0 aliphatic heterocycles. The van der Waals surface area contributed by atoms with Gasteiger partial charge in [-0.3, -0.25) is 4.79 Å². The molecule has 1 aromatic rings. The minimum absolute atomic E-state index is 0.0735. The Kier molecular flexibility index (Phi) is 1.76. The molecule has 0 unspecified atom stereocenters. The van der Waals surface area contributed by atoms with E-state index in [1.807, 2.05) is 0 Å². The number of aryl methyl sites for hydroxylation is 1. The van der Waals surface area contributed by atoms with Crippen LogP contribution in [-0.4, -0.2) is 10.9 Å². The van der Waals surface area contributed by atoms with E-state index in [0.717, 1.165) is 5.56 Å². The topological polar surface area (TPSA) is 37.3 Å². The summed E-state index contributed by atoms with van der Waals surface area (Å²) >= 11 is 1.28. The maximum absolute atomic E-state index is 10.7. The van der Waals surface area contributed by atoms with Crippen LogP contribution in [0.2, 0.25) is 0 Å². The molecule has 1 heterocycles. The average molecular weight is 156 g/mol. The Morgan fingerprint density at radius 1 is 1.70 bits per heavy atom. The molecule has 2 nitrogen and oxygen atoms in total. The molecule has 0 aliphatic rings. The van der Waals surface area contributed by atoms with Crippen molar-refractivity contribution in [3.05, 3.63) is 15.8 Å². The lowest BCUT2D eigenvalue weighted by molar-refractivity contribution is 0.101. The highest BCUT2D eigenvalue weighted by Gasteiger charge is 2.09. The van der Waals surface area contributed by atoms with Gasteiger partial charge in [-0.2, -0.15) is 0 Å². The summed E-state index contributed by atoms with van der Waals surface area (Å²) in [6, 6.07) is 0. The molecule has 0 atom stereocenters. The van der Waals surface area contributed by atoms with E-state index < -0.39 is 0 Å². The van der Waals surface area contributed by atoms with Crippen molar-refractivity contribution in [2.45, 2.75) is 13.8 Å². The number of carbonyl (C=O) groups is 1. The van der Waals surface area contributed by atoms with E-state index in [4.69, 9.17) is 0 Å². The minimum Gasteiger partial charge on any atom is -0.506 e. The van der Waals surface area contributed by atoms with Crippen molar-refractivity contribution in [2.75, 3.05) is 0 Å². The summed E-state index contributed by atoms with van der Waals surface area (Å²) in [7, 11) is 0. The van der Waals surface area contributed by atoms with E-state index in [1.165, 1.54) is 18.3 Å². The molecule has 1 aromatic heterocycles. The van der Waals surface area contributed by atoms with Crippen LogP contribution >= 0.6 is 11.3 Å². The van der Waals surface area contributed by atoms with Crippen LogP contribution in [0.5, 0.6) is 5.75 Å². The maximum Gasteiger partial charge on any atom is 0.173 e. The van der Waals surface area contributed by atoms with Crippen molar-refractivity contribution >= 4 is 17.1 Å². The highest BCUT2D eigenvalue weighted by atomic mass is 32.1. The Balaban J connectivity index is 3.17. The van der Waals surface area contributed by atoms with Crippen LogP contribution in [0.25, 0.3) is 0 Å². The van der Waals surface area contributed by atoms with Gasteiger partial charge >= 0.3 is 0 Å². The Morgan fingerprint density at radius 3 is 2.50 bits per heavy atom. The third-order valence-electron chi connectivity index (χ3n) is 1.26. The SMILES string of the molecule is CC(=O)c1scc(C)c1O. The first-order valence-electron chi connectivity index (χ1n) is 2.91. The van der Waals surface area contributed by atoms with Crippen LogP contribution in [0.4, 0.5) is 0 Å². The van der Waals surface area contributed by atoms with Gasteiger partial charge in [0, 0.05) is 12.5 Å². The fraction of sp³-hybridized carbons (Fsp3) is 0.286. The van der Waals surface area contributed by atoms with Crippen LogP contribution in [0, 0.1) is 6.92 Å². The van der Waals surface area contributed by atoms with Gasteiger partial charge in [-0.1, -0.05) is 0 Å². The lowest BCUT2D eigenvalue weighted by atomic mass is 10.2. The molecule has 0 radical (unpaired) electrons. The van der Waals surface area contributed by atoms with E-state index >= 15 is 0 Å². The number of aromatic hydroxyl groups is 1. The van der Waals surface area contributed by atoms with Crippen molar-refractivity contribution in [1.82, 2.24) is 0 Å². The van der Waals surface area contributed by atoms with Crippen LogP contribution in [0.15, 0.2) is 5.38 Å². The van der Waals surface area contributed by atoms with Crippen LogP contribution in [-0.2, 0) is 0 Å². The van der Waals surface area contributed by atoms with Gasteiger partial charge in [0.2, 0.25) is 0 Å². The molecule has 0 aliphatic carbocycles. The summed E-state index contributed by atoms with van der Waals surface area (Å²) in [5.74, 6) is 0.0631. The Bertz CT molecular complexity index is 263. The molecule has 0 saturated carbocycles. The fourth-order valence-electron chi connectivity index (χ4n) is 0.688. The molecule has 54 valence electrons. The summed E-state index contributed by atoms with van der Waals surface area (Å²) in [6.07, 6.45) is 0. The molecular formula is C7H8O2S. The molecular weight excluding hydrogens is 148 g/mol. The summed E-state index contributed by atoms with van der Waals surface area (Å²) in [6.45, 7) is 3.23. The third kappa shape index (κ3) is 1.04. The third-order valence-corrected chi connectivity index (χ3v) is 2.45. The van der Waals surface area contributed by atoms with E-state index in [1.54, 1.807) is 12.3 Å². The summed E-state index contributed by atoms with van der Waals surface area (Å²) in [5.41, 5.74) is 0.773. The van der Waals surface area contributed by atoms with Crippen molar-refractivity contribution in [3.63, 3.8) is 0 Å². The van der Waals surface area contributed by atoms with E-state index in [-0.39, 0.29) is 11.5 Å². The second-order valence-corrected chi connectivity index (χ2v) is 3.03. The summed E-state index contributed by atoms with van der Waals surface area (Å²) in [5, 5.41) is 11.0. The maximum atomic E-state index is 10.7. The van der Waals surface area contributed by atoms with Gasteiger partial charge in [-0.05, 0) is 12.3 Å². The van der Waals surface area contributed by atoms with Crippen molar-refractivity contribution in [2.24, 2.45) is 0 Å². The number of carbonyl (C=O) groups excluding carboxylic acids is 1. The zero-order chi connectivity index (χ0) is 7.72. The van der Waals surface area contributed by atoms with Crippen LogP contribution in [0.3, 0.4) is 0 Å². The van der Waals surface area contributed by atoms with Crippen molar-refractivity contribution in [1.29, 1.82) is 0 Å². The second-order valence-electron chi connectivity index (χ2n) is 2.15. The smallest absolute Gasteiger partial charge is 0.173 e. The van der Waals surface area contributed by atoms with Gasteiger partial charge in [0.25, 0.3) is 0 Å². The van der Waals surface area contributed by atoms with E-state index in [9.17, 15) is 9.90 Å². The molecule has 0 aromatic carbocycles. The second kappa shape index (κ2) is 2.42. The molecule has 1 rings (SSSR count). The first-order valence-corrected chi connectivity index (χ1v) is 3.79. The normalized spacial score (nSPS) is 9.80. The summed E-state index contributed by atoms with van der Waals surface area (Å²) in [4.78, 5) is 11.2. The lowest BCUT2D eigenvalue weighted by Crippen LogP contribution is -1.85. The van der Waals surface area contributed by atoms with Gasteiger partial charge < -0.3 is 5.11 Å². The van der Waals surface area contributed by atoms with Gasteiger partial charge in [0.1, 0.15) is 10.6 Å². The largest absolute Gasteiger partial charge is 0.506 e. The lowest BCUT2D eigenvalue weighted by Gasteiger charge is -1.90. The number of thiophene rings is 1. The van der Waals surface area contributed by atoms with Gasteiger partial charge in [0.05, 0.1) is 0 Å². The van der Waals surface area contributed by atoms with Gasteiger partial charge in [-0.25, -0.2) is 0 Å². The molecule has 0 bridgehead atoms. The minimum atomic E-state index is -0.0735. The molecule has 10 heavy (non-hydrogen) atoms. The zero-order valence-corrected chi connectivity index (χ0v) is 6.66. The highest BCUT2D eigenvalue weighted by Crippen LogP contribution is 2.28. The van der Waals surface area contributed by atoms with Gasteiger partial charge in [-0.15, -0.1) is 11.3 Å². The molecule has 1 N–H and O–H groups in total. The van der Waals surface area contributed by atoms with Crippen molar-refractivity contribution < 1.29 is 9.90 Å². The predicted octanol–water partition coefficient (Wildman–Crippen LogP) is 1.96. The zero-order valence-electron chi connectivity index (χ0n) is 5.84. The molecule has 0 amide bonds. The van der Waals surface area contributed by atoms with Gasteiger partial charge in [0.15, 0.2) is 5.78 Å². The number of ketones is 1. The summed E-state index contributed by atoms with van der Waals surface area (Å²) < 4.78 is 0. The van der Waals surface area contributed by atoms with Crippen LogP contribution < -0.4 is 0 Å². The molecule has 0 fully saturated rings. The number of rotatable bonds is 1. The highest BCUT2D eigenvalue weighted by molar-refractivity contribution is 7.12. The monoisotopic (exact) mass is 156 g/mol. The quantitative estimate of drug-likeness (QED) is 0.631. The molecule has 0 spiro atoms. The first-order chi connectivity index (χ1) is 4.63. The number of hydrogen-bond donors (Lipinski definition) is 1. The number of hydrogen-bond acceptors (Lipinski definition) is 3. The van der Waals surface area contributed by atoms with E-state index in [0.29, 0.717) is 4.88 Å². The first kappa shape index (κ1) is 7.28. The van der Waals surface area contributed by atoms with E-state index in [2.05, 4.69) is 0 Å². The number of Topliss-reactive ketones (excluding diaryl/α,β-unsaturated/α-hetero) is 1. The molecule has 3 heteroatoms. The Morgan fingerprint density at radius 2 is 2.30 bits per heavy atom.